The van der Waals surface area contributed by atoms with Crippen LogP contribution < -0.4 is 0 Å². The predicted molar refractivity (Wildman–Crippen MR) is 91.7 cm³/mol. The second-order valence-corrected chi connectivity index (χ2v) is 11.3. The van der Waals surface area contributed by atoms with Crippen LogP contribution >= 0.6 is 0 Å². The molecular weight excluding hydrogens is 340 g/mol. The molecule has 6 nitrogen and oxygen atoms in total. The Hall–Kier alpha value is -0.660. The number of hydrogen-bond acceptors (Lipinski definition) is 5. The van der Waals surface area contributed by atoms with Crippen LogP contribution in [-0.2, 0) is 19.7 Å². The van der Waals surface area contributed by atoms with Gasteiger partial charge in [-0.05, 0) is 50.4 Å². The van der Waals surface area contributed by atoms with Crippen LogP contribution in [0.2, 0.25) is 0 Å². The maximum absolute atomic E-state index is 13.5. The fraction of sp³-hybridized carbons (Fsp3) is 0.944. The van der Waals surface area contributed by atoms with Gasteiger partial charge in [0.15, 0.2) is 0 Å². The number of rotatable bonds is 1. The maximum Gasteiger partial charge on any atom is 0.243 e. The average Bonchev–Trinajstić information content (AvgIpc) is 3.21. The number of hydroxylamine groups is 2. The van der Waals surface area contributed by atoms with E-state index in [4.69, 9.17) is 4.84 Å². The van der Waals surface area contributed by atoms with Gasteiger partial charge < -0.3 is 0 Å². The first-order chi connectivity index (χ1) is 11.7. The molecule has 2 bridgehead atoms. The lowest BCUT2D eigenvalue weighted by Crippen LogP contribution is -2.49. The van der Waals surface area contributed by atoms with E-state index in [1.807, 2.05) is 12.0 Å². The van der Waals surface area contributed by atoms with Crippen LogP contribution in [0.5, 0.6) is 0 Å². The molecule has 6 atom stereocenters. The first-order valence-electron chi connectivity index (χ1n) is 9.68. The third-order valence-corrected chi connectivity index (χ3v) is 10.3. The summed E-state index contributed by atoms with van der Waals surface area (Å²) < 4.78 is 27.5. The third-order valence-electron chi connectivity index (χ3n) is 8.38. The molecule has 5 rings (SSSR count). The molecule has 3 heterocycles. The van der Waals surface area contributed by atoms with E-state index < -0.39 is 10.0 Å². The van der Waals surface area contributed by atoms with Gasteiger partial charge in [-0.25, -0.2) is 12.7 Å². The summed E-state index contributed by atoms with van der Waals surface area (Å²) in [6.07, 6.45) is 4.56. The summed E-state index contributed by atoms with van der Waals surface area (Å²) in [6.45, 7) is 7.18. The lowest BCUT2D eigenvalue weighted by atomic mass is 9.69. The largest absolute Gasteiger partial charge is 0.295 e. The van der Waals surface area contributed by atoms with Crippen LogP contribution in [-0.4, -0.2) is 54.2 Å². The van der Waals surface area contributed by atoms with Gasteiger partial charge in [-0.2, -0.15) is 5.06 Å². The molecule has 2 saturated carbocycles. The molecule has 5 aliphatic rings. The van der Waals surface area contributed by atoms with Crippen LogP contribution in [0.4, 0.5) is 0 Å². The van der Waals surface area contributed by atoms with E-state index in [0.717, 1.165) is 38.6 Å². The topological polar surface area (TPSA) is 66.9 Å². The molecule has 3 aliphatic heterocycles. The number of hydrogen-bond donors (Lipinski definition) is 0. The molecule has 1 spiro atoms. The molecule has 0 aromatic carbocycles. The Morgan fingerprint density at radius 2 is 2.00 bits per heavy atom. The van der Waals surface area contributed by atoms with Crippen molar-refractivity contribution in [3.05, 3.63) is 0 Å². The number of carbonyl (C=O) groups excluding carboxylic acids is 1. The molecule has 0 aromatic rings. The van der Waals surface area contributed by atoms with E-state index >= 15 is 0 Å². The van der Waals surface area contributed by atoms with E-state index in [0.29, 0.717) is 5.92 Å². The minimum Gasteiger partial charge on any atom is -0.295 e. The van der Waals surface area contributed by atoms with Gasteiger partial charge in [0.25, 0.3) is 0 Å². The molecule has 25 heavy (non-hydrogen) atoms. The number of fused-ring (bicyclic) bond motifs is 2. The maximum atomic E-state index is 13.5. The number of nitrogens with zero attached hydrogens (tertiary/aromatic N) is 2. The predicted octanol–water partition coefficient (Wildman–Crippen LogP) is 1.77. The summed E-state index contributed by atoms with van der Waals surface area (Å²) in [5, 5.41) is 1.91. The first kappa shape index (κ1) is 16.5. The minimum absolute atomic E-state index is 0.00302. The Bertz CT molecular complexity index is 735. The van der Waals surface area contributed by atoms with Gasteiger partial charge in [0.1, 0.15) is 0 Å². The first-order valence-corrected chi connectivity index (χ1v) is 11.3. The summed E-state index contributed by atoms with van der Waals surface area (Å²) in [5.74, 6) is 0.126. The van der Waals surface area contributed by atoms with E-state index in [1.54, 1.807) is 0 Å². The quantitative estimate of drug-likeness (QED) is 0.706. The Balaban J connectivity index is 1.53. The van der Waals surface area contributed by atoms with Crippen LogP contribution in [0.25, 0.3) is 0 Å². The van der Waals surface area contributed by atoms with Crippen molar-refractivity contribution in [2.75, 3.05) is 12.3 Å². The van der Waals surface area contributed by atoms with Crippen LogP contribution in [0.1, 0.15) is 52.9 Å². The van der Waals surface area contributed by atoms with Gasteiger partial charge >= 0.3 is 0 Å². The fourth-order valence-electron chi connectivity index (χ4n) is 6.94. The second-order valence-electron chi connectivity index (χ2n) is 9.44. The van der Waals surface area contributed by atoms with Gasteiger partial charge in [-0.15, -0.1) is 0 Å². The van der Waals surface area contributed by atoms with E-state index in [9.17, 15) is 13.2 Å². The SMILES string of the molecule is C[C@H]1ON2CCC[C@@H]2[C@@H]1C(=O)N1[C@@H]2C[C@H]3CC[C@]2(CS1(=O)=O)C3(C)C. The summed E-state index contributed by atoms with van der Waals surface area (Å²) in [6, 6.07) is -0.0951. The van der Waals surface area contributed by atoms with Gasteiger partial charge in [-0.1, -0.05) is 13.8 Å². The molecule has 7 heteroatoms. The Morgan fingerprint density at radius 3 is 2.72 bits per heavy atom. The highest BCUT2D eigenvalue weighted by Gasteiger charge is 2.73. The zero-order valence-corrected chi connectivity index (χ0v) is 16.1. The van der Waals surface area contributed by atoms with E-state index in [-0.39, 0.29) is 46.6 Å². The summed E-state index contributed by atoms with van der Waals surface area (Å²) in [4.78, 5) is 19.3. The van der Waals surface area contributed by atoms with Crippen molar-refractivity contribution in [3.63, 3.8) is 0 Å². The van der Waals surface area contributed by atoms with Crippen LogP contribution in [0.15, 0.2) is 0 Å². The fourth-order valence-corrected chi connectivity index (χ4v) is 9.51. The molecule has 2 aliphatic carbocycles. The highest BCUT2D eigenvalue weighted by atomic mass is 32.2. The molecule has 0 aromatic heterocycles. The van der Waals surface area contributed by atoms with Gasteiger partial charge in [0.05, 0.1) is 23.8 Å². The van der Waals surface area contributed by atoms with Crippen molar-refractivity contribution in [1.82, 2.24) is 9.37 Å². The highest BCUT2D eigenvalue weighted by Crippen LogP contribution is 2.70. The second kappa shape index (κ2) is 4.78. The lowest BCUT2D eigenvalue weighted by molar-refractivity contribution is -0.145. The van der Waals surface area contributed by atoms with Gasteiger partial charge in [-0.3, -0.25) is 9.63 Å². The Labute approximate surface area is 149 Å². The molecule has 1 amide bonds. The molecular formula is C18H28N2O4S. The van der Waals surface area contributed by atoms with Crippen LogP contribution in [0, 0.1) is 22.7 Å². The molecule has 0 unspecified atom stereocenters. The summed E-state index contributed by atoms with van der Waals surface area (Å²) in [7, 11) is -3.54. The van der Waals surface area contributed by atoms with Crippen molar-refractivity contribution >= 4 is 15.9 Å². The van der Waals surface area contributed by atoms with Crippen LogP contribution in [0.3, 0.4) is 0 Å². The summed E-state index contributed by atoms with van der Waals surface area (Å²) in [5.41, 5.74) is -0.249. The van der Waals surface area contributed by atoms with Crippen molar-refractivity contribution in [1.29, 1.82) is 0 Å². The zero-order chi connectivity index (χ0) is 17.8. The smallest absolute Gasteiger partial charge is 0.243 e. The standard InChI is InChI=1S/C18H28N2O4S/c1-11-15(13-5-4-8-19(13)24-11)16(21)20-14-9-12-6-7-18(14,17(12,2)3)10-25(20,22)23/h11-15H,4-10H2,1-3H3/t11-,12-,13-,14-,15-,18-/m1/s1. The van der Waals surface area contributed by atoms with Crippen molar-refractivity contribution in [3.8, 4) is 0 Å². The number of amides is 1. The minimum atomic E-state index is -3.54. The number of sulfonamides is 1. The molecule has 0 N–H and O–H groups in total. The zero-order valence-electron chi connectivity index (χ0n) is 15.3. The Kier molecular flexibility index (Phi) is 3.16. The Morgan fingerprint density at radius 1 is 1.24 bits per heavy atom. The van der Waals surface area contributed by atoms with Crippen molar-refractivity contribution < 1.29 is 18.0 Å². The highest BCUT2D eigenvalue weighted by molar-refractivity contribution is 7.90. The van der Waals surface area contributed by atoms with E-state index in [1.165, 1.54) is 4.31 Å². The summed E-state index contributed by atoms with van der Waals surface area (Å²) >= 11 is 0. The molecule has 5 fully saturated rings. The van der Waals surface area contributed by atoms with Gasteiger partial charge in [0, 0.05) is 18.0 Å². The van der Waals surface area contributed by atoms with E-state index in [2.05, 4.69) is 13.8 Å². The molecule has 0 radical (unpaired) electrons. The lowest BCUT2D eigenvalue weighted by Gasteiger charge is -2.37. The number of carbonyl (C=O) groups is 1. The average molecular weight is 368 g/mol. The monoisotopic (exact) mass is 368 g/mol. The van der Waals surface area contributed by atoms with Crippen molar-refractivity contribution in [2.45, 2.75) is 71.1 Å². The third kappa shape index (κ3) is 1.82. The molecule has 3 saturated heterocycles. The van der Waals surface area contributed by atoms with Gasteiger partial charge in [0.2, 0.25) is 15.9 Å². The normalized spacial score (nSPS) is 49.6. The van der Waals surface area contributed by atoms with Crippen molar-refractivity contribution in [2.24, 2.45) is 22.7 Å². The molecule has 140 valence electrons.